The zero-order valence-electron chi connectivity index (χ0n) is 7.31. The lowest BCUT2D eigenvalue weighted by Crippen LogP contribution is -2.08. The van der Waals surface area contributed by atoms with E-state index in [1.165, 1.54) is 11.1 Å². The topological polar surface area (TPSA) is 0 Å². The Morgan fingerprint density at radius 1 is 1.25 bits per heavy atom. The van der Waals surface area contributed by atoms with Gasteiger partial charge in [-0.25, -0.2) is 0 Å². The lowest BCUT2D eigenvalue weighted by Gasteiger charge is -2.10. The van der Waals surface area contributed by atoms with E-state index in [1.807, 2.05) is 0 Å². The molecule has 2 rings (SSSR count). The van der Waals surface area contributed by atoms with Gasteiger partial charge in [-0.15, -0.1) is 0 Å². The Hall–Kier alpha value is -0.850. The van der Waals surface area contributed by atoms with Gasteiger partial charge in [-0.3, -0.25) is 4.39 Å². The Balaban J connectivity index is 2.29. The second kappa shape index (κ2) is 2.58. The molecule has 0 aromatic heterocycles. The van der Waals surface area contributed by atoms with Crippen molar-refractivity contribution in [2.75, 3.05) is 6.67 Å². The summed E-state index contributed by atoms with van der Waals surface area (Å²) in [6.07, 6.45) is 2.04. The van der Waals surface area contributed by atoms with Crippen molar-refractivity contribution in [1.29, 1.82) is 0 Å². The van der Waals surface area contributed by atoms with Crippen LogP contribution in [0.3, 0.4) is 0 Å². The van der Waals surface area contributed by atoms with E-state index < -0.39 is 0 Å². The maximum Gasteiger partial charge on any atom is 0.0990 e. The second-order valence-corrected chi connectivity index (χ2v) is 3.78. The normalized spacial score (nSPS) is 19.2. The van der Waals surface area contributed by atoms with E-state index in [2.05, 4.69) is 31.2 Å². The molecule has 1 heteroatoms. The summed E-state index contributed by atoms with van der Waals surface area (Å²) in [6.45, 7) is 1.86. The highest BCUT2D eigenvalue weighted by molar-refractivity contribution is 5.33. The van der Waals surface area contributed by atoms with Crippen LogP contribution in [-0.2, 0) is 5.41 Å². The molecule has 1 aromatic rings. The van der Waals surface area contributed by atoms with Crippen molar-refractivity contribution in [3.8, 4) is 0 Å². The van der Waals surface area contributed by atoms with Crippen molar-refractivity contribution in [2.24, 2.45) is 0 Å². The number of rotatable bonds is 2. The Labute approximate surface area is 72.4 Å². The number of halogens is 1. The maximum absolute atomic E-state index is 12.6. The summed E-state index contributed by atoms with van der Waals surface area (Å²) in [6, 6.07) is 8.24. The molecular formula is C11H13F. The van der Waals surface area contributed by atoms with Crippen LogP contribution in [0.15, 0.2) is 24.3 Å². The molecule has 64 valence electrons. The molecule has 0 unspecified atom stereocenters. The minimum atomic E-state index is -0.198. The Kier molecular flexibility index (Phi) is 1.67. The fourth-order valence-electron chi connectivity index (χ4n) is 1.56. The first kappa shape index (κ1) is 7.78. The fraction of sp³-hybridized carbons (Fsp3) is 0.455. The van der Waals surface area contributed by atoms with Crippen LogP contribution in [-0.4, -0.2) is 6.67 Å². The lowest BCUT2D eigenvalue weighted by atomic mass is 9.97. The van der Waals surface area contributed by atoms with Gasteiger partial charge in [0.1, 0.15) is 0 Å². The molecule has 0 N–H and O–H groups in total. The van der Waals surface area contributed by atoms with Crippen molar-refractivity contribution in [3.05, 3.63) is 35.4 Å². The van der Waals surface area contributed by atoms with Crippen molar-refractivity contribution in [1.82, 2.24) is 0 Å². The predicted octanol–water partition coefficient (Wildman–Crippen LogP) is 3.00. The molecule has 0 saturated heterocycles. The average molecular weight is 164 g/mol. The number of alkyl halides is 1. The van der Waals surface area contributed by atoms with E-state index in [0.717, 1.165) is 12.8 Å². The van der Waals surface area contributed by atoms with E-state index in [1.54, 1.807) is 0 Å². The predicted molar refractivity (Wildman–Crippen MR) is 48.1 cm³/mol. The summed E-state index contributed by atoms with van der Waals surface area (Å²) >= 11 is 0. The van der Waals surface area contributed by atoms with Gasteiger partial charge in [-0.2, -0.15) is 0 Å². The van der Waals surface area contributed by atoms with Crippen LogP contribution in [0.25, 0.3) is 0 Å². The highest BCUT2D eigenvalue weighted by Crippen LogP contribution is 2.48. The number of benzene rings is 1. The quantitative estimate of drug-likeness (QED) is 0.630. The maximum atomic E-state index is 12.6. The molecular weight excluding hydrogens is 151 g/mol. The summed E-state index contributed by atoms with van der Waals surface area (Å²) in [7, 11) is 0. The Bertz CT molecular complexity index is 270. The molecule has 1 aliphatic rings. The number of hydrogen-bond donors (Lipinski definition) is 0. The fourth-order valence-corrected chi connectivity index (χ4v) is 1.56. The van der Waals surface area contributed by atoms with Crippen LogP contribution in [0, 0.1) is 6.92 Å². The van der Waals surface area contributed by atoms with Gasteiger partial charge in [0.15, 0.2) is 0 Å². The van der Waals surface area contributed by atoms with Crippen LogP contribution >= 0.6 is 0 Å². The van der Waals surface area contributed by atoms with E-state index >= 15 is 0 Å². The molecule has 0 atom stereocenters. The van der Waals surface area contributed by atoms with Crippen LogP contribution in [0.2, 0.25) is 0 Å². The summed E-state index contributed by atoms with van der Waals surface area (Å²) in [4.78, 5) is 0. The van der Waals surface area contributed by atoms with Crippen LogP contribution in [0.5, 0.6) is 0 Å². The third kappa shape index (κ3) is 1.13. The van der Waals surface area contributed by atoms with Crippen molar-refractivity contribution in [3.63, 3.8) is 0 Å². The average Bonchev–Trinajstić information content (AvgIpc) is 2.86. The van der Waals surface area contributed by atoms with Crippen molar-refractivity contribution in [2.45, 2.75) is 25.2 Å². The van der Waals surface area contributed by atoms with Crippen LogP contribution < -0.4 is 0 Å². The largest absolute Gasteiger partial charge is 0.250 e. The molecule has 0 spiro atoms. The van der Waals surface area contributed by atoms with Gasteiger partial charge in [0, 0.05) is 5.41 Å². The standard InChI is InChI=1S/C11H13F/c1-9-2-4-10(5-3-9)11(8-12)6-7-11/h2-5H,6-8H2,1H3. The molecule has 1 saturated carbocycles. The monoisotopic (exact) mass is 164 g/mol. The highest BCUT2D eigenvalue weighted by Gasteiger charge is 2.44. The molecule has 1 aromatic carbocycles. The Morgan fingerprint density at radius 2 is 1.83 bits per heavy atom. The van der Waals surface area contributed by atoms with Gasteiger partial charge in [0.05, 0.1) is 6.67 Å². The van der Waals surface area contributed by atoms with Gasteiger partial charge < -0.3 is 0 Å². The van der Waals surface area contributed by atoms with Gasteiger partial charge in [-0.05, 0) is 25.3 Å². The first-order valence-electron chi connectivity index (χ1n) is 4.40. The molecule has 0 bridgehead atoms. The molecule has 12 heavy (non-hydrogen) atoms. The SMILES string of the molecule is Cc1ccc(C2(CF)CC2)cc1. The summed E-state index contributed by atoms with van der Waals surface area (Å²) in [5.41, 5.74) is 2.33. The van der Waals surface area contributed by atoms with Gasteiger partial charge in [0.25, 0.3) is 0 Å². The van der Waals surface area contributed by atoms with E-state index in [4.69, 9.17) is 0 Å². The minimum absolute atomic E-state index is 0.0896. The van der Waals surface area contributed by atoms with Gasteiger partial charge >= 0.3 is 0 Å². The van der Waals surface area contributed by atoms with Crippen LogP contribution in [0.4, 0.5) is 4.39 Å². The van der Waals surface area contributed by atoms with Crippen LogP contribution in [0.1, 0.15) is 24.0 Å². The third-order valence-electron chi connectivity index (χ3n) is 2.77. The first-order valence-corrected chi connectivity index (χ1v) is 4.40. The molecule has 0 radical (unpaired) electrons. The molecule has 0 heterocycles. The zero-order chi connectivity index (χ0) is 8.60. The van der Waals surface area contributed by atoms with E-state index in [0.29, 0.717) is 0 Å². The first-order chi connectivity index (χ1) is 5.77. The van der Waals surface area contributed by atoms with Crippen molar-refractivity contribution < 1.29 is 4.39 Å². The molecule has 1 fully saturated rings. The van der Waals surface area contributed by atoms with Gasteiger partial charge in [0.2, 0.25) is 0 Å². The third-order valence-corrected chi connectivity index (χ3v) is 2.77. The molecule has 1 aliphatic carbocycles. The summed E-state index contributed by atoms with van der Waals surface area (Å²) in [5, 5.41) is 0. The minimum Gasteiger partial charge on any atom is -0.250 e. The molecule has 0 amide bonds. The smallest absolute Gasteiger partial charge is 0.0990 e. The summed E-state index contributed by atoms with van der Waals surface area (Å²) in [5.74, 6) is 0. The zero-order valence-corrected chi connectivity index (χ0v) is 7.31. The van der Waals surface area contributed by atoms with Crippen molar-refractivity contribution >= 4 is 0 Å². The highest BCUT2D eigenvalue weighted by atomic mass is 19.1. The number of hydrogen-bond acceptors (Lipinski definition) is 0. The Morgan fingerprint density at radius 3 is 2.25 bits per heavy atom. The number of aryl methyl sites for hydroxylation is 1. The molecule has 0 aliphatic heterocycles. The molecule has 0 nitrogen and oxygen atoms in total. The lowest BCUT2D eigenvalue weighted by molar-refractivity contribution is 0.418. The van der Waals surface area contributed by atoms with E-state index in [9.17, 15) is 4.39 Å². The van der Waals surface area contributed by atoms with E-state index in [-0.39, 0.29) is 12.1 Å². The summed E-state index contributed by atoms with van der Waals surface area (Å²) < 4.78 is 12.6. The second-order valence-electron chi connectivity index (χ2n) is 3.78. The van der Waals surface area contributed by atoms with Gasteiger partial charge in [-0.1, -0.05) is 29.8 Å².